The fourth-order valence-corrected chi connectivity index (χ4v) is 2.83. The Balaban J connectivity index is 1.79. The first kappa shape index (κ1) is 13.5. The van der Waals surface area contributed by atoms with Crippen LogP contribution >= 0.6 is 0 Å². The number of nitrogens with zero attached hydrogens (tertiary/aromatic N) is 1. The Morgan fingerprint density at radius 1 is 1.35 bits per heavy atom. The molecule has 0 radical (unpaired) electrons. The lowest BCUT2D eigenvalue weighted by molar-refractivity contribution is 0.163. The zero-order chi connectivity index (χ0) is 13.9. The van der Waals surface area contributed by atoms with Crippen molar-refractivity contribution in [2.75, 3.05) is 40.0 Å². The predicted octanol–water partition coefficient (Wildman–Crippen LogP) is 1.26. The molecule has 1 aromatic carbocycles. The Hall–Kier alpha value is -1.46. The molecule has 0 amide bonds. The summed E-state index contributed by atoms with van der Waals surface area (Å²) in [4.78, 5) is 2.45. The van der Waals surface area contributed by atoms with E-state index in [0.29, 0.717) is 19.3 Å². The molecule has 0 spiro atoms. The lowest BCUT2D eigenvalue weighted by Gasteiger charge is -2.32. The van der Waals surface area contributed by atoms with Crippen LogP contribution in [-0.4, -0.2) is 50.9 Å². The van der Waals surface area contributed by atoms with Crippen molar-refractivity contribution < 1.29 is 14.2 Å². The molecule has 2 heterocycles. The van der Waals surface area contributed by atoms with Crippen LogP contribution in [0.5, 0.6) is 17.2 Å². The topological polar surface area (TPSA) is 43.0 Å². The Morgan fingerprint density at radius 3 is 3.00 bits per heavy atom. The largest absolute Gasteiger partial charge is 0.493 e. The van der Waals surface area contributed by atoms with E-state index in [1.165, 1.54) is 5.56 Å². The van der Waals surface area contributed by atoms with Crippen LogP contribution in [0.3, 0.4) is 0 Å². The van der Waals surface area contributed by atoms with E-state index in [1.54, 1.807) is 7.11 Å². The van der Waals surface area contributed by atoms with Gasteiger partial charge in [0.25, 0.3) is 0 Å². The van der Waals surface area contributed by atoms with Crippen LogP contribution in [0.15, 0.2) is 12.1 Å². The molecule has 0 aliphatic carbocycles. The number of hydrogen-bond acceptors (Lipinski definition) is 5. The normalized spacial score (nSPS) is 22.6. The lowest BCUT2D eigenvalue weighted by atomic mass is 10.1. The van der Waals surface area contributed by atoms with Gasteiger partial charge in [0.2, 0.25) is 5.75 Å². The summed E-state index contributed by atoms with van der Waals surface area (Å²) in [6, 6.07) is 4.67. The van der Waals surface area contributed by atoms with E-state index < -0.39 is 0 Å². The quantitative estimate of drug-likeness (QED) is 0.901. The maximum absolute atomic E-state index is 5.68. The van der Waals surface area contributed by atoms with Crippen molar-refractivity contribution in [1.29, 1.82) is 0 Å². The Morgan fingerprint density at radius 2 is 2.20 bits per heavy atom. The number of fused-ring (bicyclic) bond motifs is 1. The van der Waals surface area contributed by atoms with Crippen LogP contribution in [-0.2, 0) is 6.54 Å². The maximum Gasteiger partial charge on any atom is 0.203 e. The summed E-state index contributed by atoms with van der Waals surface area (Å²) in [5.74, 6) is 2.30. The van der Waals surface area contributed by atoms with E-state index in [1.807, 2.05) is 0 Å². The fraction of sp³-hybridized carbons (Fsp3) is 0.600. The zero-order valence-corrected chi connectivity index (χ0v) is 12.1. The molecular formula is C15H22N2O3. The first-order chi connectivity index (χ1) is 9.76. The molecule has 1 aromatic rings. The van der Waals surface area contributed by atoms with Gasteiger partial charge in [-0.05, 0) is 24.6 Å². The summed E-state index contributed by atoms with van der Waals surface area (Å²) in [7, 11) is 1.67. The molecule has 2 aliphatic heterocycles. The molecule has 0 unspecified atom stereocenters. The van der Waals surface area contributed by atoms with E-state index in [-0.39, 0.29) is 0 Å². The van der Waals surface area contributed by atoms with Gasteiger partial charge in [0, 0.05) is 32.2 Å². The molecule has 0 bridgehead atoms. The van der Waals surface area contributed by atoms with Crippen LogP contribution in [0.25, 0.3) is 0 Å². The lowest BCUT2D eigenvalue weighted by Crippen LogP contribution is -2.48. The molecule has 0 aromatic heterocycles. The average molecular weight is 278 g/mol. The minimum Gasteiger partial charge on any atom is -0.493 e. The molecule has 1 N–H and O–H groups in total. The highest BCUT2D eigenvalue weighted by atomic mass is 16.6. The molecule has 5 heteroatoms. The van der Waals surface area contributed by atoms with Crippen molar-refractivity contribution >= 4 is 0 Å². The van der Waals surface area contributed by atoms with Gasteiger partial charge in [0.05, 0.1) is 7.11 Å². The van der Waals surface area contributed by atoms with Gasteiger partial charge in [-0.2, -0.15) is 0 Å². The molecule has 1 fully saturated rings. The summed E-state index contributed by atoms with van der Waals surface area (Å²) in [5, 5.41) is 3.46. The van der Waals surface area contributed by atoms with Gasteiger partial charge >= 0.3 is 0 Å². The third-order valence-corrected chi connectivity index (χ3v) is 3.75. The molecule has 1 atom stereocenters. The van der Waals surface area contributed by atoms with Gasteiger partial charge in [0.1, 0.15) is 13.2 Å². The van der Waals surface area contributed by atoms with Gasteiger partial charge < -0.3 is 19.5 Å². The summed E-state index contributed by atoms with van der Waals surface area (Å²) in [6.45, 7) is 7.50. The van der Waals surface area contributed by atoms with Crippen molar-refractivity contribution in [1.82, 2.24) is 10.2 Å². The number of methoxy groups -OCH3 is 1. The highest BCUT2D eigenvalue weighted by molar-refractivity contribution is 5.54. The summed E-state index contributed by atoms with van der Waals surface area (Å²) in [6.07, 6.45) is 0. The second kappa shape index (κ2) is 5.89. The van der Waals surface area contributed by atoms with E-state index in [2.05, 4.69) is 29.3 Å². The SMILES string of the molecule is COc1cc(CN2CCN[C@H](C)C2)cc2c1OCCO2. The van der Waals surface area contributed by atoms with Crippen molar-refractivity contribution in [3.05, 3.63) is 17.7 Å². The minimum absolute atomic E-state index is 0.544. The molecule has 1 saturated heterocycles. The Labute approximate surface area is 119 Å². The van der Waals surface area contributed by atoms with E-state index >= 15 is 0 Å². The Kier molecular flexibility index (Phi) is 3.98. The average Bonchev–Trinajstić information content (AvgIpc) is 2.46. The fourth-order valence-electron chi connectivity index (χ4n) is 2.83. The highest BCUT2D eigenvalue weighted by Crippen LogP contribution is 2.40. The molecule has 20 heavy (non-hydrogen) atoms. The van der Waals surface area contributed by atoms with Crippen LogP contribution in [0.4, 0.5) is 0 Å². The van der Waals surface area contributed by atoms with Crippen LogP contribution in [0.1, 0.15) is 12.5 Å². The van der Waals surface area contributed by atoms with Crippen molar-refractivity contribution in [3.63, 3.8) is 0 Å². The van der Waals surface area contributed by atoms with Crippen molar-refractivity contribution in [3.8, 4) is 17.2 Å². The first-order valence-corrected chi connectivity index (χ1v) is 7.18. The van der Waals surface area contributed by atoms with E-state index in [9.17, 15) is 0 Å². The second-order valence-electron chi connectivity index (χ2n) is 5.41. The van der Waals surface area contributed by atoms with Crippen LogP contribution < -0.4 is 19.5 Å². The molecule has 0 saturated carbocycles. The number of rotatable bonds is 3. The van der Waals surface area contributed by atoms with Gasteiger partial charge in [-0.1, -0.05) is 0 Å². The number of ether oxygens (including phenoxy) is 3. The van der Waals surface area contributed by atoms with Crippen LogP contribution in [0.2, 0.25) is 0 Å². The maximum atomic E-state index is 5.68. The molecule has 3 rings (SSSR count). The molecule has 2 aliphatic rings. The van der Waals surface area contributed by atoms with Crippen molar-refractivity contribution in [2.45, 2.75) is 19.5 Å². The first-order valence-electron chi connectivity index (χ1n) is 7.18. The molecule has 5 nitrogen and oxygen atoms in total. The van der Waals surface area contributed by atoms with Crippen molar-refractivity contribution in [2.24, 2.45) is 0 Å². The Bertz CT molecular complexity index is 461. The molecule has 110 valence electrons. The number of benzene rings is 1. The summed E-state index contributed by atoms with van der Waals surface area (Å²) in [5.41, 5.74) is 1.21. The predicted molar refractivity (Wildman–Crippen MR) is 76.7 cm³/mol. The zero-order valence-electron chi connectivity index (χ0n) is 12.1. The minimum atomic E-state index is 0.544. The van der Waals surface area contributed by atoms with Gasteiger partial charge in [-0.3, -0.25) is 4.90 Å². The standard InChI is InChI=1S/C15H22N2O3/c1-11-9-17(4-3-16-11)10-12-7-13(18-2)15-14(8-12)19-5-6-20-15/h7-8,11,16H,3-6,9-10H2,1-2H3/t11-/m1/s1. The number of piperazine rings is 1. The van der Waals surface area contributed by atoms with E-state index in [4.69, 9.17) is 14.2 Å². The smallest absolute Gasteiger partial charge is 0.203 e. The third kappa shape index (κ3) is 2.83. The highest BCUT2D eigenvalue weighted by Gasteiger charge is 2.21. The van der Waals surface area contributed by atoms with Gasteiger partial charge in [-0.15, -0.1) is 0 Å². The van der Waals surface area contributed by atoms with Crippen LogP contribution in [0, 0.1) is 0 Å². The summed E-state index contributed by atoms with van der Waals surface area (Å²) >= 11 is 0. The van der Waals surface area contributed by atoms with Gasteiger partial charge in [-0.25, -0.2) is 0 Å². The monoisotopic (exact) mass is 278 g/mol. The van der Waals surface area contributed by atoms with Gasteiger partial charge in [0.15, 0.2) is 11.5 Å². The summed E-state index contributed by atoms with van der Waals surface area (Å²) < 4.78 is 16.7. The number of nitrogens with one attached hydrogen (secondary N) is 1. The second-order valence-corrected chi connectivity index (χ2v) is 5.41. The number of hydrogen-bond donors (Lipinski definition) is 1. The molecular weight excluding hydrogens is 256 g/mol. The third-order valence-electron chi connectivity index (χ3n) is 3.75. The van der Waals surface area contributed by atoms with E-state index in [0.717, 1.165) is 43.4 Å².